The summed E-state index contributed by atoms with van der Waals surface area (Å²) in [5.41, 5.74) is 2.56. The third-order valence-corrected chi connectivity index (χ3v) is 5.48. The van der Waals surface area contributed by atoms with Crippen LogP contribution in [-0.4, -0.2) is 41.3 Å². The Labute approximate surface area is 160 Å². The minimum Gasteiger partial charge on any atom is -0.339 e. The van der Waals surface area contributed by atoms with Crippen molar-refractivity contribution < 1.29 is 9.59 Å². The molecule has 1 atom stereocenters. The summed E-state index contributed by atoms with van der Waals surface area (Å²) in [4.78, 5) is 33.4. The van der Waals surface area contributed by atoms with E-state index in [2.05, 4.69) is 4.98 Å². The van der Waals surface area contributed by atoms with Crippen LogP contribution in [0.5, 0.6) is 0 Å². The Balaban J connectivity index is 1.43. The molecule has 0 N–H and O–H groups in total. The summed E-state index contributed by atoms with van der Waals surface area (Å²) < 4.78 is 0. The third-order valence-electron chi connectivity index (χ3n) is 5.48. The van der Waals surface area contributed by atoms with Crippen LogP contribution in [0.15, 0.2) is 48.7 Å². The van der Waals surface area contributed by atoms with Crippen LogP contribution >= 0.6 is 0 Å². The molecule has 3 heterocycles. The first-order chi connectivity index (χ1) is 13.2. The van der Waals surface area contributed by atoms with Gasteiger partial charge in [-0.05, 0) is 55.9 Å². The van der Waals surface area contributed by atoms with Gasteiger partial charge in [-0.1, -0.05) is 18.2 Å². The first kappa shape index (κ1) is 17.7. The number of carbonyl (C=O) groups is 2. The molecule has 5 nitrogen and oxygen atoms in total. The van der Waals surface area contributed by atoms with Gasteiger partial charge in [0.2, 0.25) is 5.91 Å². The lowest BCUT2D eigenvalue weighted by Crippen LogP contribution is -2.35. The van der Waals surface area contributed by atoms with Gasteiger partial charge in [0, 0.05) is 49.2 Å². The van der Waals surface area contributed by atoms with Crippen molar-refractivity contribution >= 4 is 17.5 Å². The number of piperidine rings is 1. The van der Waals surface area contributed by atoms with Gasteiger partial charge in [-0.25, -0.2) is 0 Å². The second-order valence-corrected chi connectivity index (χ2v) is 7.50. The van der Waals surface area contributed by atoms with Crippen LogP contribution < -0.4 is 4.90 Å². The first-order valence-corrected chi connectivity index (χ1v) is 9.80. The van der Waals surface area contributed by atoms with Crippen LogP contribution in [0.3, 0.4) is 0 Å². The number of pyridine rings is 1. The molecule has 1 aromatic carbocycles. The number of benzene rings is 1. The van der Waals surface area contributed by atoms with E-state index in [9.17, 15) is 9.59 Å². The highest BCUT2D eigenvalue weighted by atomic mass is 16.2. The highest BCUT2D eigenvalue weighted by molar-refractivity contribution is 5.96. The molecule has 27 heavy (non-hydrogen) atoms. The molecular formula is C22H25N3O2. The van der Waals surface area contributed by atoms with Crippen molar-refractivity contribution in [1.29, 1.82) is 0 Å². The molecule has 0 spiro atoms. The maximum absolute atomic E-state index is 12.7. The van der Waals surface area contributed by atoms with E-state index in [4.69, 9.17) is 0 Å². The van der Waals surface area contributed by atoms with Crippen LogP contribution in [0, 0.1) is 5.92 Å². The lowest BCUT2D eigenvalue weighted by atomic mass is 10.0. The van der Waals surface area contributed by atoms with Gasteiger partial charge in [-0.2, -0.15) is 0 Å². The molecule has 2 fully saturated rings. The fourth-order valence-electron chi connectivity index (χ4n) is 4.07. The molecule has 0 aliphatic carbocycles. The largest absolute Gasteiger partial charge is 0.339 e. The number of para-hydroxylation sites is 1. The molecule has 0 radical (unpaired) electrons. The number of aromatic nitrogens is 1. The summed E-state index contributed by atoms with van der Waals surface area (Å²) in [6.45, 7) is 2.40. The van der Waals surface area contributed by atoms with Crippen LogP contribution in [0.1, 0.15) is 41.7 Å². The Morgan fingerprint density at radius 1 is 1.07 bits per heavy atom. The van der Waals surface area contributed by atoms with Crippen molar-refractivity contribution in [2.24, 2.45) is 5.92 Å². The standard InChI is InChI=1S/C22H25N3O2/c26-21-14-17(16-25(21)20-7-3-1-4-8-20)13-19-15-18(9-10-23-19)22(27)24-11-5-2-6-12-24/h1,3-4,7-10,15,17H,2,5-6,11-14,16H2/t17-/m0/s1. The number of nitrogens with zero attached hydrogens (tertiary/aromatic N) is 3. The molecule has 2 aromatic rings. The molecule has 2 aliphatic rings. The maximum Gasteiger partial charge on any atom is 0.253 e. The van der Waals surface area contributed by atoms with Gasteiger partial charge in [0.15, 0.2) is 0 Å². The molecular weight excluding hydrogens is 338 g/mol. The number of hydrogen-bond acceptors (Lipinski definition) is 3. The van der Waals surface area contributed by atoms with E-state index in [0.29, 0.717) is 18.5 Å². The van der Waals surface area contributed by atoms with Gasteiger partial charge >= 0.3 is 0 Å². The van der Waals surface area contributed by atoms with Crippen molar-refractivity contribution in [3.05, 3.63) is 59.9 Å². The average Bonchev–Trinajstić information content (AvgIpc) is 3.09. The molecule has 2 saturated heterocycles. The van der Waals surface area contributed by atoms with E-state index in [0.717, 1.165) is 43.7 Å². The molecule has 4 rings (SSSR count). The fourth-order valence-corrected chi connectivity index (χ4v) is 4.07. The Morgan fingerprint density at radius 2 is 1.85 bits per heavy atom. The smallest absolute Gasteiger partial charge is 0.253 e. The van der Waals surface area contributed by atoms with Gasteiger partial charge < -0.3 is 9.80 Å². The molecule has 2 amide bonds. The summed E-state index contributed by atoms with van der Waals surface area (Å²) in [7, 11) is 0. The molecule has 1 aromatic heterocycles. The van der Waals surface area contributed by atoms with Gasteiger partial charge in [0.05, 0.1) is 0 Å². The van der Waals surface area contributed by atoms with Gasteiger partial charge in [0.1, 0.15) is 0 Å². The molecule has 0 saturated carbocycles. The highest BCUT2D eigenvalue weighted by Gasteiger charge is 2.31. The SMILES string of the molecule is O=C(c1ccnc(C[C@H]2CC(=O)N(c3ccccc3)C2)c1)N1CCCCC1. The van der Waals surface area contributed by atoms with Crippen LogP contribution in [-0.2, 0) is 11.2 Å². The second kappa shape index (κ2) is 7.91. The predicted molar refractivity (Wildman–Crippen MR) is 105 cm³/mol. The zero-order chi connectivity index (χ0) is 18.6. The van der Waals surface area contributed by atoms with Crippen molar-refractivity contribution in [1.82, 2.24) is 9.88 Å². The van der Waals surface area contributed by atoms with Gasteiger partial charge in [-0.3, -0.25) is 14.6 Å². The van der Waals surface area contributed by atoms with E-state index in [1.807, 2.05) is 46.2 Å². The Morgan fingerprint density at radius 3 is 2.63 bits per heavy atom. The Hall–Kier alpha value is -2.69. The highest BCUT2D eigenvalue weighted by Crippen LogP contribution is 2.27. The average molecular weight is 363 g/mol. The zero-order valence-corrected chi connectivity index (χ0v) is 15.5. The van der Waals surface area contributed by atoms with Crippen molar-refractivity contribution in [2.75, 3.05) is 24.5 Å². The lowest BCUT2D eigenvalue weighted by Gasteiger charge is -2.26. The summed E-state index contributed by atoms with van der Waals surface area (Å²) in [6.07, 6.45) is 6.35. The Kier molecular flexibility index (Phi) is 5.19. The molecule has 0 unspecified atom stereocenters. The lowest BCUT2D eigenvalue weighted by molar-refractivity contribution is -0.117. The number of rotatable bonds is 4. The van der Waals surface area contributed by atoms with Crippen LogP contribution in [0.25, 0.3) is 0 Å². The number of likely N-dealkylation sites (tertiary alicyclic amines) is 1. The fraction of sp³-hybridized carbons (Fsp3) is 0.409. The Bertz CT molecular complexity index is 815. The summed E-state index contributed by atoms with van der Waals surface area (Å²) in [5, 5.41) is 0. The first-order valence-electron chi connectivity index (χ1n) is 9.80. The maximum atomic E-state index is 12.7. The summed E-state index contributed by atoms with van der Waals surface area (Å²) >= 11 is 0. The molecule has 5 heteroatoms. The minimum absolute atomic E-state index is 0.103. The van der Waals surface area contributed by atoms with Crippen molar-refractivity contribution in [3.8, 4) is 0 Å². The number of amides is 2. The quantitative estimate of drug-likeness (QED) is 0.837. The zero-order valence-electron chi connectivity index (χ0n) is 15.5. The van der Waals surface area contributed by atoms with Gasteiger partial charge in [0.25, 0.3) is 5.91 Å². The minimum atomic E-state index is 0.103. The summed E-state index contributed by atoms with van der Waals surface area (Å²) in [5.74, 6) is 0.490. The predicted octanol–water partition coefficient (Wildman–Crippen LogP) is 3.30. The van der Waals surface area contributed by atoms with Crippen LogP contribution in [0.4, 0.5) is 5.69 Å². The number of anilines is 1. The second-order valence-electron chi connectivity index (χ2n) is 7.50. The third kappa shape index (κ3) is 4.02. The van der Waals surface area contributed by atoms with Gasteiger partial charge in [-0.15, -0.1) is 0 Å². The normalized spacial score (nSPS) is 20.1. The van der Waals surface area contributed by atoms with E-state index in [1.54, 1.807) is 12.3 Å². The number of carbonyl (C=O) groups excluding carboxylic acids is 2. The van der Waals surface area contributed by atoms with E-state index >= 15 is 0 Å². The van der Waals surface area contributed by atoms with Crippen molar-refractivity contribution in [2.45, 2.75) is 32.1 Å². The number of hydrogen-bond donors (Lipinski definition) is 0. The van der Waals surface area contributed by atoms with E-state index < -0.39 is 0 Å². The monoisotopic (exact) mass is 363 g/mol. The van der Waals surface area contributed by atoms with Crippen LogP contribution in [0.2, 0.25) is 0 Å². The van der Waals surface area contributed by atoms with E-state index in [1.165, 1.54) is 6.42 Å². The molecule has 140 valence electrons. The topological polar surface area (TPSA) is 53.5 Å². The molecule has 0 bridgehead atoms. The van der Waals surface area contributed by atoms with Crippen molar-refractivity contribution in [3.63, 3.8) is 0 Å². The van der Waals surface area contributed by atoms with E-state index in [-0.39, 0.29) is 17.7 Å². The molecule has 2 aliphatic heterocycles. The summed E-state index contributed by atoms with van der Waals surface area (Å²) in [6, 6.07) is 13.5.